The molecular weight excluding hydrogens is 228 g/mol. The second-order valence-electron chi connectivity index (χ2n) is 4.08. The van der Waals surface area contributed by atoms with Gasteiger partial charge in [-0.25, -0.2) is 9.78 Å². The van der Waals surface area contributed by atoms with E-state index in [2.05, 4.69) is 9.97 Å². The molecule has 0 bridgehead atoms. The van der Waals surface area contributed by atoms with Crippen molar-refractivity contribution in [3.63, 3.8) is 0 Å². The van der Waals surface area contributed by atoms with Crippen LogP contribution in [0.2, 0.25) is 0 Å². The normalized spacial score (nSPS) is 10.4. The fourth-order valence-electron chi connectivity index (χ4n) is 1.88. The minimum atomic E-state index is -0.364. The van der Waals surface area contributed by atoms with Crippen molar-refractivity contribution in [2.24, 2.45) is 0 Å². The molecule has 0 aliphatic heterocycles. The minimum Gasteiger partial charge on any atom is -0.461 e. The van der Waals surface area contributed by atoms with E-state index >= 15 is 0 Å². The van der Waals surface area contributed by atoms with Crippen LogP contribution in [0.5, 0.6) is 0 Å². The van der Waals surface area contributed by atoms with Gasteiger partial charge in [-0.1, -0.05) is 24.3 Å². The maximum absolute atomic E-state index is 11.9. The van der Waals surface area contributed by atoms with Crippen molar-refractivity contribution in [1.82, 2.24) is 9.97 Å². The molecule has 1 aromatic heterocycles. The fourth-order valence-corrected chi connectivity index (χ4v) is 1.88. The number of aryl methyl sites for hydroxylation is 2. The first-order valence-corrected chi connectivity index (χ1v) is 5.93. The highest BCUT2D eigenvalue weighted by Crippen LogP contribution is 2.25. The van der Waals surface area contributed by atoms with Gasteiger partial charge in [0.25, 0.3) is 0 Å². The zero-order valence-corrected chi connectivity index (χ0v) is 10.8. The molecule has 2 rings (SSSR count). The molecule has 2 aromatic rings. The number of rotatable bonds is 3. The van der Waals surface area contributed by atoms with Crippen molar-refractivity contribution in [2.75, 3.05) is 6.61 Å². The van der Waals surface area contributed by atoms with Crippen LogP contribution in [0.25, 0.3) is 11.3 Å². The zero-order valence-electron chi connectivity index (χ0n) is 10.8. The third kappa shape index (κ3) is 2.27. The van der Waals surface area contributed by atoms with Gasteiger partial charge in [0.15, 0.2) is 5.69 Å². The van der Waals surface area contributed by atoms with Crippen LogP contribution in [0, 0.1) is 13.8 Å². The summed E-state index contributed by atoms with van der Waals surface area (Å²) in [6.45, 7) is 5.96. The molecule has 0 unspecified atom stereocenters. The monoisotopic (exact) mass is 244 g/mol. The van der Waals surface area contributed by atoms with Gasteiger partial charge >= 0.3 is 5.97 Å². The molecule has 0 aliphatic carbocycles. The van der Waals surface area contributed by atoms with Crippen molar-refractivity contribution in [1.29, 1.82) is 0 Å². The predicted octanol–water partition coefficient (Wildman–Crippen LogP) is 2.87. The second-order valence-corrected chi connectivity index (χ2v) is 4.08. The Kier molecular flexibility index (Phi) is 3.46. The molecule has 0 amide bonds. The Labute approximate surface area is 106 Å². The molecule has 4 heteroatoms. The van der Waals surface area contributed by atoms with Crippen LogP contribution in [0.4, 0.5) is 0 Å². The molecule has 4 nitrogen and oxygen atoms in total. The van der Waals surface area contributed by atoms with E-state index in [1.807, 2.05) is 38.1 Å². The van der Waals surface area contributed by atoms with Gasteiger partial charge < -0.3 is 9.72 Å². The Morgan fingerprint density at radius 1 is 1.33 bits per heavy atom. The smallest absolute Gasteiger partial charge is 0.357 e. The molecule has 18 heavy (non-hydrogen) atoms. The highest BCUT2D eigenvalue weighted by atomic mass is 16.5. The Balaban J connectivity index is 2.51. The van der Waals surface area contributed by atoms with Gasteiger partial charge in [-0.15, -0.1) is 0 Å². The van der Waals surface area contributed by atoms with E-state index < -0.39 is 0 Å². The summed E-state index contributed by atoms with van der Waals surface area (Å²) in [4.78, 5) is 19.2. The van der Waals surface area contributed by atoms with Crippen LogP contribution in [-0.2, 0) is 4.74 Å². The van der Waals surface area contributed by atoms with Crippen molar-refractivity contribution in [3.8, 4) is 11.3 Å². The molecule has 0 atom stereocenters. The standard InChI is InChI=1S/C14H16N2O2/c1-4-18-14(17)13-12(15-10(3)16-13)11-8-6-5-7-9(11)2/h5-8H,4H2,1-3H3,(H,15,16). The van der Waals surface area contributed by atoms with Crippen LogP contribution >= 0.6 is 0 Å². The summed E-state index contributed by atoms with van der Waals surface area (Å²) in [5.41, 5.74) is 3.10. The first-order valence-electron chi connectivity index (χ1n) is 5.93. The molecule has 94 valence electrons. The third-order valence-electron chi connectivity index (χ3n) is 2.70. The summed E-state index contributed by atoms with van der Waals surface area (Å²) in [5.74, 6) is 0.340. The molecule has 0 radical (unpaired) electrons. The lowest BCUT2D eigenvalue weighted by atomic mass is 10.0. The molecule has 1 heterocycles. The van der Waals surface area contributed by atoms with E-state index in [0.717, 1.165) is 11.1 Å². The van der Waals surface area contributed by atoms with E-state index in [-0.39, 0.29) is 5.97 Å². The topological polar surface area (TPSA) is 55.0 Å². The van der Waals surface area contributed by atoms with Gasteiger partial charge in [0, 0.05) is 5.56 Å². The number of H-pyrrole nitrogens is 1. The lowest BCUT2D eigenvalue weighted by molar-refractivity contribution is 0.0521. The highest BCUT2D eigenvalue weighted by Gasteiger charge is 2.19. The Bertz CT molecular complexity index is 573. The first kappa shape index (κ1) is 12.4. The SMILES string of the molecule is CCOC(=O)c1[nH]c(C)nc1-c1ccccc1C. The summed E-state index contributed by atoms with van der Waals surface area (Å²) in [7, 11) is 0. The number of aromatic nitrogens is 2. The van der Waals surface area contributed by atoms with Gasteiger partial charge in [-0.3, -0.25) is 0 Å². The largest absolute Gasteiger partial charge is 0.461 e. The highest BCUT2D eigenvalue weighted by molar-refractivity contribution is 5.94. The zero-order chi connectivity index (χ0) is 13.1. The number of ether oxygens (including phenoxy) is 1. The number of carbonyl (C=O) groups is 1. The molecule has 1 N–H and O–H groups in total. The average molecular weight is 244 g/mol. The number of nitrogens with zero attached hydrogens (tertiary/aromatic N) is 1. The summed E-state index contributed by atoms with van der Waals surface area (Å²) in [5, 5.41) is 0. The molecular formula is C14H16N2O2. The average Bonchev–Trinajstić information content (AvgIpc) is 2.72. The van der Waals surface area contributed by atoms with E-state index in [9.17, 15) is 4.79 Å². The van der Waals surface area contributed by atoms with Gasteiger partial charge in [0.05, 0.1) is 6.61 Å². The summed E-state index contributed by atoms with van der Waals surface area (Å²) in [6, 6.07) is 7.84. The number of nitrogens with one attached hydrogen (secondary N) is 1. The number of hydrogen-bond acceptors (Lipinski definition) is 3. The van der Waals surface area contributed by atoms with Crippen LogP contribution < -0.4 is 0 Å². The lowest BCUT2D eigenvalue weighted by Crippen LogP contribution is -2.07. The van der Waals surface area contributed by atoms with E-state index in [0.29, 0.717) is 23.8 Å². The molecule has 0 fully saturated rings. The first-order chi connectivity index (χ1) is 8.63. The van der Waals surface area contributed by atoms with Crippen LogP contribution in [0.15, 0.2) is 24.3 Å². The van der Waals surface area contributed by atoms with Crippen molar-refractivity contribution in [2.45, 2.75) is 20.8 Å². The Morgan fingerprint density at radius 2 is 2.06 bits per heavy atom. The van der Waals surface area contributed by atoms with E-state index in [1.54, 1.807) is 6.92 Å². The Morgan fingerprint density at radius 3 is 2.72 bits per heavy atom. The number of imidazole rings is 1. The van der Waals surface area contributed by atoms with Gasteiger partial charge in [-0.05, 0) is 26.3 Å². The molecule has 0 aliphatic rings. The number of benzene rings is 1. The maximum Gasteiger partial charge on any atom is 0.357 e. The molecule has 0 spiro atoms. The maximum atomic E-state index is 11.9. The summed E-state index contributed by atoms with van der Waals surface area (Å²) < 4.78 is 5.03. The quantitative estimate of drug-likeness (QED) is 0.845. The van der Waals surface area contributed by atoms with Gasteiger partial charge in [-0.2, -0.15) is 0 Å². The van der Waals surface area contributed by atoms with Crippen LogP contribution in [0.1, 0.15) is 28.8 Å². The number of hydrogen-bond donors (Lipinski definition) is 1. The summed E-state index contributed by atoms with van der Waals surface area (Å²) in [6.07, 6.45) is 0. The molecule has 0 saturated carbocycles. The minimum absolute atomic E-state index is 0.351. The van der Waals surface area contributed by atoms with Gasteiger partial charge in [0.2, 0.25) is 0 Å². The molecule has 0 saturated heterocycles. The van der Waals surface area contributed by atoms with Crippen LogP contribution in [0.3, 0.4) is 0 Å². The molecule has 1 aromatic carbocycles. The third-order valence-corrected chi connectivity index (χ3v) is 2.70. The van der Waals surface area contributed by atoms with Crippen molar-refractivity contribution in [3.05, 3.63) is 41.3 Å². The summed E-state index contributed by atoms with van der Waals surface area (Å²) >= 11 is 0. The fraction of sp³-hybridized carbons (Fsp3) is 0.286. The lowest BCUT2D eigenvalue weighted by Gasteiger charge is -2.05. The number of aromatic amines is 1. The van der Waals surface area contributed by atoms with Crippen molar-refractivity contribution < 1.29 is 9.53 Å². The number of esters is 1. The second kappa shape index (κ2) is 5.04. The Hall–Kier alpha value is -2.10. The van der Waals surface area contributed by atoms with E-state index in [4.69, 9.17) is 4.74 Å². The van der Waals surface area contributed by atoms with Gasteiger partial charge in [0.1, 0.15) is 11.5 Å². The van der Waals surface area contributed by atoms with E-state index in [1.165, 1.54) is 0 Å². The predicted molar refractivity (Wildman–Crippen MR) is 69.5 cm³/mol. The van der Waals surface area contributed by atoms with Crippen LogP contribution in [-0.4, -0.2) is 22.5 Å². The number of carbonyl (C=O) groups excluding carboxylic acids is 1. The van der Waals surface area contributed by atoms with Crippen molar-refractivity contribution >= 4 is 5.97 Å².